The monoisotopic (exact) mass is 291 g/mol. The van der Waals surface area contributed by atoms with E-state index < -0.39 is 12.2 Å². The molecule has 1 aromatic carbocycles. The van der Waals surface area contributed by atoms with Crippen LogP contribution in [0.5, 0.6) is 0 Å². The van der Waals surface area contributed by atoms with Gasteiger partial charge in [0.15, 0.2) is 0 Å². The number of aliphatic hydroxyl groups excluding tert-OH is 2. The molecule has 1 aromatic heterocycles. The normalized spacial score (nSPS) is 13.9. The number of amides is 1. The van der Waals surface area contributed by atoms with Crippen molar-refractivity contribution in [3.63, 3.8) is 0 Å². The van der Waals surface area contributed by atoms with Gasteiger partial charge in [0.25, 0.3) is 5.56 Å². The number of hydrogen-bond acceptors (Lipinski definition) is 5. The van der Waals surface area contributed by atoms with E-state index in [1.54, 1.807) is 19.2 Å². The Morgan fingerprint density at radius 1 is 1.43 bits per heavy atom. The molecule has 3 N–H and O–H groups in total. The molecule has 2 atom stereocenters. The Labute approximate surface area is 120 Å². The first-order valence-corrected chi connectivity index (χ1v) is 6.46. The molecule has 2 unspecified atom stereocenters. The summed E-state index contributed by atoms with van der Waals surface area (Å²) in [5.41, 5.74) is 0.682. The van der Waals surface area contributed by atoms with E-state index in [1.807, 2.05) is 0 Å². The minimum atomic E-state index is -1.20. The lowest BCUT2D eigenvalue weighted by Crippen LogP contribution is -2.34. The van der Waals surface area contributed by atoms with Crippen molar-refractivity contribution in [1.82, 2.24) is 14.9 Å². The van der Waals surface area contributed by atoms with Crippen LogP contribution in [-0.4, -0.2) is 38.3 Å². The van der Waals surface area contributed by atoms with Crippen LogP contribution in [0.3, 0.4) is 0 Å². The van der Waals surface area contributed by atoms with Crippen LogP contribution in [0.25, 0.3) is 10.9 Å². The zero-order chi connectivity index (χ0) is 15.6. The van der Waals surface area contributed by atoms with Gasteiger partial charge in [-0.3, -0.25) is 9.59 Å². The van der Waals surface area contributed by atoms with E-state index in [1.165, 1.54) is 23.9 Å². The van der Waals surface area contributed by atoms with Crippen LogP contribution >= 0.6 is 0 Å². The van der Waals surface area contributed by atoms with Crippen LogP contribution in [0.15, 0.2) is 29.3 Å². The highest BCUT2D eigenvalue weighted by Crippen LogP contribution is 2.19. The molecule has 0 aliphatic rings. The van der Waals surface area contributed by atoms with Crippen molar-refractivity contribution in [3.05, 3.63) is 40.4 Å². The summed E-state index contributed by atoms with van der Waals surface area (Å²) in [6.07, 6.45) is -0.940. The molecule has 1 heterocycles. The van der Waals surface area contributed by atoms with Gasteiger partial charge in [0, 0.05) is 20.5 Å². The molecule has 7 heteroatoms. The average molecular weight is 291 g/mol. The maximum atomic E-state index is 12.0. The quantitative estimate of drug-likeness (QED) is 0.702. The Balaban J connectivity index is 2.31. The fourth-order valence-electron chi connectivity index (χ4n) is 1.99. The van der Waals surface area contributed by atoms with Crippen molar-refractivity contribution in [2.45, 2.75) is 19.1 Å². The Kier molecular flexibility index (Phi) is 4.35. The summed E-state index contributed by atoms with van der Waals surface area (Å²) >= 11 is 0. The lowest BCUT2D eigenvalue weighted by Gasteiger charge is -2.18. The predicted molar refractivity (Wildman–Crippen MR) is 76.6 cm³/mol. The van der Waals surface area contributed by atoms with Crippen molar-refractivity contribution in [2.24, 2.45) is 7.05 Å². The van der Waals surface area contributed by atoms with Gasteiger partial charge in [-0.05, 0) is 17.7 Å². The summed E-state index contributed by atoms with van der Waals surface area (Å²) in [5.74, 6) is -0.294. The van der Waals surface area contributed by atoms with Gasteiger partial charge in [-0.2, -0.15) is 0 Å². The summed E-state index contributed by atoms with van der Waals surface area (Å²) < 4.78 is 1.34. The van der Waals surface area contributed by atoms with Crippen LogP contribution < -0.4 is 10.9 Å². The number of carbonyl (C=O) groups is 1. The van der Waals surface area contributed by atoms with Gasteiger partial charge >= 0.3 is 0 Å². The van der Waals surface area contributed by atoms with Gasteiger partial charge in [0.05, 0.1) is 17.2 Å². The second kappa shape index (κ2) is 6.02. The van der Waals surface area contributed by atoms with Crippen LogP contribution in [0.1, 0.15) is 18.6 Å². The number of fused-ring (bicyclic) bond motifs is 1. The van der Waals surface area contributed by atoms with Gasteiger partial charge in [0.2, 0.25) is 5.91 Å². The van der Waals surface area contributed by atoms with Gasteiger partial charge in [0.1, 0.15) is 12.2 Å². The van der Waals surface area contributed by atoms with E-state index in [0.717, 1.165) is 0 Å². The number of carbonyl (C=O) groups excluding carboxylic acids is 1. The van der Waals surface area contributed by atoms with E-state index in [9.17, 15) is 19.8 Å². The highest BCUT2D eigenvalue weighted by molar-refractivity contribution is 5.78. The van der Waals surface area contributed by atoms with Crippen molar-refractivity contribution >= 4 is 16.8 Å². The van der Waals surface area contributed by atoms with E-state index in [4.69, 9.17) is 0 Å². The standard InChI is InChI=1S/C14H17N3O4/c1-8(18)15-6-12(19)13(20)9-3-4-11-10(5-9)14(21)17(2)7-16-11/h3-5,7,12-13,19-20H,6H2,1-2H3,(H,15,18). The number of hydrogen-bond donors (Lipinski definition) is 3. The minimum absolute atomic E-state index is 0.0699. The molecule has 0 fully saturated rings. The first-order valence-electron chi connectivity index (χ1n) is 6.46. The average Bonchev–Trinajstić information content (AvgIpc) is 2.47. The summed E-state index contributed by atoms with van der Waals surface area (Å²) in [4.78, 5) is 26.9. The first kappa shape index (κ1) is 15.1. The molecule has 0 saturated carbocycles. The Morgan fingerprint density at radius 3 is 2.81 bits per heavy atom. The first-order chi connectivity index (χ1) is 9.90. The van der Waals surface area contributed by atoms with E-state index in [0.29, 0.717) is 16.5 Å². The number of benzene rings is 1. The van der Waals surface area contributed by atoms with Crippen LogP contribution in [0, 0.1) is 0 Å². The third-order valence-corrected chi connectivity index (χ3v) is 3.21. The fourth-order valence-corrected chi connectivity index (χ4v) is 1.99. The molecule has 112 valence electrons. The van der Waals surface area contributed by atoms with Crippen molar-refractivity contribution in [1.29, 1.82) is 0 Å². The Hall–Kier alpha value is -2.25. The predicted octanol–water partition coefficient (Wildman–Crippen LogP) is -0.536. The third-order valence-electron chi connectivity index (χ3n) is 3.21. The second-order valence-electron chi connectivity index (χ2n) is 4.89. The van der Waals surface area contributed by atoms with Crippen molar-refractivity contribution in [3.8, 4) is 0 Å². The molecular weight excluding hydrogens is 274 g/mol. The zero-order valence-electron chi connectivity index (χ0n) is 11.8. The molecule has 0 aliphatic heterocycles. The zero-order valence-corrected chi connectivity index (χ0v) is 11.8. The smallest absolute Gasteiger partial charge is 0.260 e. The summed E-state index contributed by atoms with van der Waals surface area (Å²) in [6, 6.07) is 4.71. The fraction of sp³-hybridized carbons (Fsp3) is 0.357. The van der Waals surface area contributed by atoms with Gasteiger partial charge in [-0.25, -0.2) is 4.98 Å². The third kappa shape index (κ3) is 3.26. The molecule has 0 bridgehead atoms. The van der Waals surface area contributed by atoms with Crippen LogP contribution in [0.4, 0.5) is 0 Å². The van der Waals surface area contributed by atoms with E-state index in [-0.39, 0.29) is 18.0 Å². The molecule has 0 saturated heterocycles. The summed E-state index contributed by atoms with van der Waals surface area (Å²) in [7, 11) is 1.59. The lowest BCUT2D eigenvalue weighted by atomic mass is 10.0. The molecule has 2 aromatic rings. The molecular formula is C14H17N3O4. The van der Waals surface area contributed by atoms with Gasteiger partial charge < -0.3 is 20.1 Å². The summed E-state index contributed by atoms with van der Waals surface area (Å²) in [6.45, 7) is 1.25. The maximum absolute atomic E-state index is 12.0. The molecule has 0 radical (unpaired) electrons. The number of aryl methyl sites for hydroxylation is 1. The number of rotatable bonds is 4. The van der Waals surface area contributed by atoms with E-state index >= 15 is 0 Å². The molecule has 0 spiro atoms. The highest BCUT2D eigenvalue weighted by atomic mass is 16.3. The largest absolute Gasteiger partial charge is 0.388 e. The molecule has 1 amide bonds. The number of aliphatic hydroxyl groups is 2. The molecule has 2 rings (SSSR count). The second-order valence-corrected chi connectivity index (χ2v) is 4.89. The van der Waals surface area contributed by atoms with E-state index in [2.05, 4.69) is 10.3 Å². The number of aromatic nitrogens is 2. The topological polar surface area (TPSA) is 104 Å². The summed E-state index contributed by atoms with van der Waals surface area (Å²) in [5, 5.41) is 22.7. The van der Waals surface area contributed by atoms with Crippen molar-refractivity contribution in [2.75, 3.05) is 6.54 Å². The Bertz CT molecular complexity index is 726. The SMILES string of the molecule is CC(=O)NCC(O)C(O)c1ccc2ncn(C)c(=O)c2c1. The molecule has 7 nitrogen and oxygen atoms in total. The van der Waals surface area contributed by atoms with Gasteiger partial charge in [-0.1, -0.05) is 6.07 Å². The number of nitrogens with one attached hydrogen (secondary N) is 1. The maximum Gasteiger partial charge on any atom is 0.260 e. The lowest BCUT2D eigenvalue weighted by molar-refractivity contribution is -0.119. The van der Waals surface area contributed by atoms with Crippen molar-refractivity contribution < 1.29 is 15.0 Å². The number of nitrogens with zero attached hydrogens (tertiary/aromatic N) is 2. The highest BCUT2D eigenvalue weighted by Gasteiger charge is 2.19. The minimum Gasteiger partial charge on any atom is -0.388 e. The van der Waals surface area contributed by atoms with Crippen LogP contribution in [-0.2, 0) is 11.8 Å². The molecule has 0 aliphatic carbocycles. The Morgan fingerprint density at radius 2 is 2.14 bits per heavy atom. The van der Waals surface area contributed by atoms with Crippen LogP contribution in [0.2, 0.25) is 0 Å². The molecule has 21 heavy (non-hydrogen) atoms. The van der Waals surface area contributed by atoms with Gasteiger partial charge in [-0.15, -0.1) is 0 Å².